The lowest BCUT2D eigenvalue weighted by Gasteiger charge is -2.33. The van der Waals surface area contributed by atoms with Gasteiger partial charge in [0, 0.05) is 5.41 Å². The summed E-state index contributed by atoms with van der Waals surface area (Å²) in [6.45, 7) is 2.21. The average Bonchev–Trinajstić information content (AvgIpc) is 2.79. The fourth-order valence-corrected chi connectivity index (χ4v) is 2.89. The molecule has 0 aliphatic heterocycles. The Kier molecular flexibility index (Phi) is 3.11. The van der Waals surface area contributed by atoms with E-state index < -0.39 is 0 Å². The van der Waals surface area contributed by atoms with Crippen molar-refractivity contribution in [3.05, 3.63) is 35.9 Å². The first-order chi connectivity index (χ1) is 7.28. The zero-order valence-corrected chi connectivity index (χ0v) is 9.45. The van der Waals surface area contributed by atoms with Gasteiger partial charge in [0.25, 0.3) is 0 Å². The van der Waals surface area contributed by atoms with Crippen LogP contribution in [-0.4, -0.2) is 5.11 Å². The largest absolute Gasteiger partial charge is 0.388 e. The van der Waals surface area contributed by atoms with Crippen molar-refractivity contribution in [3.63, 3.8) is 0 Å². The van der Waals surface area contributed by atoms with Crippen molar-refractivity contribution < 1.29 is 5.11 Å². The predicted molar refractivity (Wildman–Crippen MR) is 62.6 cm³/mol. The highest BCUT2D eigenvalue weighted by molar-refractivity contribution is 5.20. The fourth-order valence-electron chi connectivity index (χ4n) is 2.89. The molecule has 1 atom stereocenters. The van der Waals surface area contributed by atoms with Crippen LogP contribution in [0.1, 0.15) is 50.7 Å². The molecule has 1 unspecified atom stereocenters. The third kappa shape index (κ3) is 1.93. The second kappa shape index (κ2) is 4.36. The third-order valence-corrected chi connectivity index (χ3v) is 4.00. The molecular weight excluding hydrogens is 184 g/mol. The minimum Gasteiger partial charge on any atom is -0.388 e. The lowest BCUT2D eigenvalue weighted by atomic mass is 9.75. The minimum absolute atomic E-state index is 0.154. The van der Waals surface area contributed by atoms with Gasteiger partial charge >= 0.3 is 0 Å². The highest BCUT2D eigenvalue weighted by Crippen LogP contribution is 2.49. The summed E-state index contributed by atoms with van der Waals surface area (Å²) < 4.78 is 0. The van der Waals surface area contributed by atoms with E-state index in [1.807, 2.05) is 30.3 Å². The Hall–Kier alpha value is -0.820. The monoisotopic (exact) mass is 204 g/mol. The molecule has 1 aliphatic carbocycles. The topological polar surface area (TPSA) is 20.2 Å². The summed E-state index contributed by atoms with van der Waals surface area (Å²) in [7, 11) is 0. The van der Waals surface area contributed by atoms with Crippen LogP contribution < -0.4 is 0 Å². The molecule has 1 aliphatic rings. The van der Waals surface area contributed by atoms with E-state index in [-0.39, 0.29) is 11.5 Å². The fraction of sp³-hybridized carbons (Fsp3) is 0.571. The number of benzene rings is 1. The van der Waals surface area contributed by atoms with Crippen molar-refractivity contribution in [1.82, 2.24) is 0 Å². The van der Waals surface area contributed by atoms with Gasteiger partial charge in [0.2, 0.25) is 0 Å². The van der Waals surface area contributed by atoms with Gasteiger partial charge in [-0.15, -0.1) is 0 Å². The van der Waals surface area contributed by atoms with E-state index in [9.17, 15) is 5.11 Å². The number of hydrogen-bond donors (Lipinski definition) is 1. The zero-order chi connectivity index (χ0) is 10.7. The van der Waals surface area contributed by atoms with Gasteiger partial charge in [0.05, 0.1) is 6.10 Å². The van der Waals surface area contributed by atoms with Gasteiger partial charge in [-0.05, 0) is 24.8 Å². The Labute approximate surface area is 92.1 Å². The molecule has 0 amide bonds. The SMILES string of the molecule is CCC1(C(O)c2ccccc2)CCCC1. The lowest BCUT2D eigenvalue weighted by molar-refractivity contribution is 0.0238. The van der Waals surface area contributed by atoms with Crippen LogP contribution in [0.3, 0.4) is 0 Å². The Bertz CT molecular complexity index is 298. The first kappa shape index (κ1) is 10.7. The van der Waals surface area contributed by atoms with Crippen LogP contribution in [0, 0.1) is 5.41 Å². The van der Waals surface area contributed by atoms with Gasteiger partial charge in [0.15, 0.2) is 0 Å². The quantitative estimate of drug-likeness (QED) is 0.796. The van der Waals surface area contributed by atoms with Crippen LogP contribution in [0.4, 0.5) is 0 Å². The van der Waals surface area contributed by atoms with Crippen LogP contribution >= 0.6 is 0 Å². The Morgan fingerprint density at radius 3 is 2.33 bits per heavy atom. The molecule has 0 saturated heterocycles. The highest BCUT2D eigenvalue weighted by atomic mass is 16.3. The molecule has 0 bridgehead atoms. The van der Waals surface area contributed by atoms with Gasteiger partial charge in [-0.1, -0.05) is 50.1 Å². The minimum atomic E-state index is -0.272. The van der Waals surface area contributed by atoms with Crippen LogP contribution in [0.5, 0.6) is 0 Å². The molecule has 0 radical (unpaired) electrons. The molecule has 0 aromatic heterocycles. The summed E-state index contributed by atoms with van der Waals surface area (Å²) in [5, 5.41) is 10.5. The van der Waals surface area contributed by atoms with Gasteiger partial charge < -0.3 is 5.11 Å². The molecule has 15 heavy (non-hydrogen) atoms. The molecule has 1 N–H and O–H groups in total. The van der Waals surface area contributed by atoms with Crippen LogP contribution in [0.25, 0.3) is 0 Å². The van der Waals surface area contributed by atoms with Crippen molar-refractivity contribution in [3.8, 4) is 0 Å². The van der Waals surface area contributed by atoms with E-state index in [2.05, 4.69) is 6.92 Å². The molecule has 2 rings (SSSR count). The molecule has 1 aromatic rings. The summed E-state index contributed by atoms with van der Waals surface area (Å²) in [4.78, 5) is 0. The molecule has 82 valence electrons. The summed E-state index contributed by atoms with van der Waals surface area (Å²) in [5.41, 5.74) is 1.24. The Balaban J connectivity index is 2.22. The van der Waals surface area contributed by atoms with Crippen LogP contribution in [-0.2, 0) is 0 Å². The summed E-state index contributed by atoms with van der Waals surface area (Å²) in [5.74, 6) is 0. The second-order valence-corrected chi connectivity index (χ2v) is 4.74. The molecule has 1 nitrogen and oxygen atoms in total. The number of aliphatic hydroxyl groups is 1. The second-order valence-electron chi connectivity index (χ2n) is 4.74. The first-order valence-electron chi connectivity index (χ1n) is 6.01. The van der Waals surface area contributed by atoms with Crippen molar-refractivity contribution in [2.75, 3.05) is 0 Å². The Morgan fingerprint density at radius 1 is 1.20 bits per heavy atom. The van der Waals surface area contributed by atoms with Gasteiger partial charge in [-0.25, -0.2) is 0 Å². The van der Waals surface area contributed by atoms with Crippen molar-refractivity contribution in [2.45, 2.75) is 45.1 Å². The smallest absolute Gasteiger partial charge is 0.0846 e. The third-order valence-electron chi connectivity index (χ3n) is 4.00. The standard InChI is InChI=1S/C14H20O/c1-2-14(10-6-7-11-14)13(15)12-8-4-3-5-9-12/h3-5,8-9,13,15H,2,6-7,10-11H2,1H3. The lowest BCUT2D eigenvalue weighted by Crippen LogP contribution is -2.24. The van der Waals surface area contributed by atoms with E-state index in [1.54, 1.807) is 0 Å². The average molecular weight is 204 g/mol. The zero-order valence-electron chi connectivity index (χ0n) is 9.45. The van der Waals surface area contributed by atoms with E-state index in [1.165, 1.54) is 25.7 Å². The number of hydrogen-bond acceptors (Lipinski definition) is 1. The number of aliphatic hydroxyl groups excluding tert-OH is 1. The Morgan fingerprint density at radius 2 is 1.80 bits per heavy atom. The molecule has 1 aromatic carbocycles. The number of rotatable bonds is 3. The summed E-state index contributed by atoms with van der Waals surface area (Å²) in [6.07, 6.45) is 5.73. The van der Waals surface area contributed by atoms with Gasteiger partial charge in [-0.2, -0.15) is 0 Å². The summed E-state index contributed by atoms with van der Waals surface area (Å²) in [6, 6.07) is 10.1. The normalized spacial score (nSPS) is 21.5. The van der Waals surface area contributed by atoms with E-state index in [0.717, 1.165) is 12.0 Å². The molecule has 0 spiro atoms. The van der Waals surface area contributed by atoms with Crippen molar-refractivity contribution in [2.24, 2.45) is 5.41 Å². The highest BCUT2D eigenvalue weighted by Gasteiger charge is 2.39. The molecule has 1 heteroatoms. The van der Waals surface area contributed by atoms with Crippen molar-refractivity contribution >= 4 is 0 Å². The van der Waals surface area contributed by atoms with Crippen LogP contribution in [0.15, 0.2) is 30.3 Å². The van der Waals surface area contributed by atoms with E-state index in [0.29, 0.717) is 0 Å². The van der Waals surface area contributed by atoms with E-state index >= 15 is 0 Å². The molecular formula is C14H20O. The maximum absolute atomic E-state index is 10.5. The maximum Gasteiger partial charge on any atom is 0.0846 e. The molecule has 0 heterocycles. The first-order valence-corrected chi connectivity index (χ1v) is 6.01. The molecule has 1 fully saturated rings. The van der Waals surface area contributed by atoms with Gasteiger partial charge in [-0.3, -0.25) is 0 Å². The van der Waals surface area contributed by atoms with Crippen LogP contribution in [0.2, 0.25) is 0 Å². The van der Waals surface area contributed by atoms with E-state index in [4.69, 9.17) is 0 Å². The van der Waals surface area contributed by atoms with Gasteiger partial charge in [0.1, 0.15) is 0 Å². The summed E-state index contributed by atoms with van der Waals surface area (Å²) >= 11 is 0. The maximum atomic E-state index is 10.5. The van der Waals surface area contributed by atoms with Crippen molar-refractivity contribution in [1.29, 1.82) is 0 Å². The molecule has 1 saturated carbocycles. The predicted octanol–water partition coefficient (Wildman–Crippen LogP) is 3.69.